The molecule has 0 aliphatic heterocycles. The molecular formula is C16H20N2OS. The maximum Gasteiger partial charge on any atom is 0.255 e. The van der Waals surface area contributed by atoms with E-state index >= 15 is 0 Å². The summed E-state index contributed by atoms with van der Waals surface area (Å²) in [5.74, 6) is 0.0881. The number of carbonyl (C=O) groups excluding carboxylic acids is 1. The van der Waals surface area contributed by atoms with E-state index in [1.54, 1.807) is 11.3 Å². The van der Waals surface area contributed by atoms with Crippen LogP contribution in [0, 0.1) is 6.92 Å². The summed E-state index contributed by atoms with van der Waals surface area (Å²) in [5, 5.41) is 3.93. The van der Waals surface area contributed by atoms with E-state index in [0.29, 0.717) is 19.6 Å². The van der Waals surface area contributed by atoms with Crippen LogP contribution >= 0.6 is 11.3 Å². The molecule has 0 aliphatic carbocycles. The van der Waals surface area contributed by atoms with Crippen molar-refractivity contribution in [1.82, 2.24) is 4.90 Å². The molecule has 1 amide bonds. The predicted molar refractivity (Wildman–Crippen MR) is 84.2 cm³/mol. The van der Waals surface area contributed by atoms with Crippen LogP contribution < -0.4 is 5.73 Å². The summed E-state index contributed by atoms with van der Waals surface area (Å²) in [6, 6.07) is 10.2. The number of hydrogen-bond donors (Lipinski definition) is 1. The predicted octanol–water partition coefficient (Wildman–Crippen LogP) is 2.70. The highest BCUT2D eigenvalue weighted by atomic mass is 32.1. The molecule has 0 unspecified atom stereocenters. The van der Waals surface area contributed by atoms with Gasteiger partial charge in [-0.25, -0.2) is 0 Å². The molecule has 2 rings (SSSR count). The number of hydrogen-bond acceptors (Lipinski definition) is 3. The minimum atomic E-state index is 0.0881. The van der Waals surface area contributed by atoms with Crippen molar-refractivity contribution in [2.24, 2.45) is 5.73 Å². The summed E-state index contributed by atoms with van der Waals surface area (Å²) in [4.78, 5) is 14.4. The van der Waals surface area contributed by atoms with Gasteiger partial charge in [0.1, 0.15) is 0 Å². The van der Waals surface area contributed by atoms with Gasteiger partial charge in [0.15, 0.2) is 0 Å². The summed E-state index contributed by atoms with van der Waals surface area (Å²) < 4.78 is 0. The third-order valence-corrected chi connectivity index (χ3v) is 4.15. The van der Waals surface area contributed by atoms with Gasteiger partial charge in [0.05, 0.1) is 5.56 Å². The van der Waals surface area contributed by atoms with Crippen LogP contribution in [-0.4, -0.2) is 30.4 Å². The monoisotopic (exact) mass is 288 g/mol. The Morgan fingerprint density at radius 3 is 2.55 bits per heavy atom. The van der Waals surface area contributed by atoms with Crippen LogP contribution in [0.5, 0.6) is 0 Å². The first-order valence-corrected chi connectivity index (χ1v) is 7.72. The Bertz CT molecular complexity index is 551. The number of nitrogens with two attached hydrogens (primary N) is 1. The van der Waals surface area contributed by atoms with Gasteiger partial charge >= 0.3 is 0 Å². The molecule has 106 valence electrons. The molecule has 0 spiro atoms. The smallest absolute Gasteiger partial charge is 0.255 e. The van der Waals surface area contributed by atoms with Gasteiger partial charge in [-0.15, -0.1) is 0 Å². The SMILES string of the molecule is Cc1cscc1C(=O)N(CCN)CCc1ccccc1. The molecule has 4 heteroatoms. The quantitative estimate of drug-likeness (QED) is 0.888. The van der Waals surface area contributed by atoms with Gasteiger partial charge in [0, 0.05) is 25.0 Å². The van der Waals surface area contributed by atoms with Crippen molar-refractivity contribution in [3.8, 4) is 0 Å². The molecule has 0 radical (unpaired) electrons. The highest BCUT2D eigenvalue weighted by Gasteiger charge is 2.17. The van der Waals surface area contributed by atoms with E-state index < -0.39 is 0 Å². The van der Waals surface area contributed by atoms with Gasteiger partial charge in [-0.2, -0.15) is 11.3 Å². The summed E-state index contributed by atoms with van der Waals surface area (Å²) >= 11 is 1.57. The number of carbonyl (C=O) groups is 1. The Kier molecular flexibility index (Phi) is 5.32. The standard InChI is InChI=1S/C16H20N2OS/c1-13-11-20-12-15(13)16(19)18(10-8-17)9-7-14-5-3-2-4-6-14/h2-6,11-12H,7-10,17H2,1H3. The lowest BCUT2D eigenvalue weighted by molar-refractivity contribution is 0.0762. The molecule has 0 fully saturated rings. The van der Waals surface area contributed by atoms with E-state index in [1.165, 1.54) is 5.56 Å². The molecule has 2 N–H and O–H groups in total. The number of benzene rings is 1. The maximum absolute atomic E-state index is 12.5. The van der Waals surface area contributed by atoms with E-state index in [0.717, 1.165) is 17.5 Å². The molecular weight excluding hydrogens is 268 g/mol. The lowest BCUT2D eigenvalue weighted by atomic mass is 10.1. The number of amides is 1. The van der Waals surface area contributed by atoms with Gasteiger partial charge in [0.2, 0.25) is 0 Å². The van der Waals surface area contributed by atoms with Crippen LogP contribution in [0.3, 0.4) is 0 Å². The molecule has 0 bridgehead atoms. The average Bonchev–Trinajstić information content (AvgIpc) is 2.90. The third-order valence-electron chi connectivity index (χ3n) is 3.29. The van der Waals surface area contributed by atoms with E-state index in [4.69, 9.17) is 5.73 Å². The maximum atomic E-state index is 12.5. The van der Waals surface area contributed by atoms with Crippen molar-refractivity contribution in [1.29, 1.82) is 0 Å². The molecule has 0 saturated carbocycles. The minimum absolute atomic E-state index is 0.0881. The second kappa shape index (κ2) is 7.22. The molecule has 20 heavy (non-hydrogen) atoms. The topological polar surface area (TPSA) is 46.3 Å². The second-order valence-electron chi connectivity index (χ2n) is 4.78. The first kappa shape index (κ1) is 14.8. The lowest BCUT2D eigenvalue weighted by Gasteiger charge is -2.22. The van der Waals surface area contributed by atoms with Gasteiger partial charge < -0.3 is 10.6 Å². The fourth-order valence-electron chi connectivity index (χ4n) is 2.13. The van der Waals surface area contributed by atoms with E-state index in [2.05, 4.69) is 12.1 Å². The average molecular weight is 288 g/mol. The summed E-state index contributed by atoms with van der Waals surface area (Å²) in [7, 11) is 0. The Morgan fingerprint density at radius 2 is 1.95 bits per heavy atom. The zero-order chi connectivity index (χ0) is 14.4. The van der Waals surface area contributed by atoms with E-state index in [-0.39, 0.29) is 5.91 Å². The Labute approximate surface area is 124 Å². The van der Waals surface area contributed by atoms with Gasteiger partial charge in [0.25, 0.3) is 5.91 Å². The molecule has 1 heterocycles. The Hall–Kier alpha value is -1.65. The molecule has 1 aromatic carbocycles. The largest absolute Gasteiger partial charge is 0.337 e. The third kappa shape index (κ3) is 3.68. The van der Waals surface area contributed by atoms with Crippen LogP contribution in [-0.2, 0) is 6.42 Å². The second-order valence-corrected chi connectivity index (χ2v) is 5.53. The number of rotatable bonds is 6. The normalized spacial score (nSPS) is 10.5. The molecule has 3 nitrogen and oxygen atoms in total. The van der Waals surface area contributed by atoms with Crippen LogP contribution in [0.1, 0.15) is 21.5 Å². The minimum Gasteiger partial charge on any atom is -0.337 e. The zero-order valence-corrected chi connectivity index (χ0v) is 12.5. The number of aryl methyl sites for hydroxylation is 1. The van der Waals surface area contributed by atoms with E-state index in [9.17, 15) is 4.79 Å². The van der Waals surface area contributed by atoms with Crippen molar-refractivity contribution in [3.05, 3.63) is 57.8 Å². The lowest BCUT2D eigenvalue weighted by Crippen LogP contribution is -2.37. The first-order chi connectivity index (χ1) is 9.72. The van der Waals surface area contributed by atoms with Crippen LogP contribution in [0.4, 0.5) is 0 Å². The van der Waals surface area contributed by atoms with Crippen LogP contribution in [0.2, 0.25) is 0 Å². The highest BCUT2D eigenvalue weighted by molar-refractivity contribution is 7.08. The fraction of sp³-hybridized carbons (Fsp3) is 0.312. The van der Waals surface area contributed by atoms with Crippen molar-refractivity contribution in [2.75, 3.05) is 19.6 Å². The first-order valence-electron chi connectivity index (χ1n) is 6.78. The Morgan fingerprint density at radius 1 is 1.20 bits per heavy atom. The van der Waals surface area contributed by atoms with Crippen molar-refractivity contribution < 1.29 is 4.79 Å². The molecule has 0 saturated heterocycles. The fourth-order valence-corrected chi connectivity index (χ4v) is 2.95. The van der Waals surface area contributed by atoms with Crippen LogP contribution in [0.25, 0.3) is 0 Å². The summed E-state index contributed by atoms with van der Waals surface area (Å²) in [6.45, 7) is 3.77. The summed E-state index contributed by atoms with van der Waals surface area (Å²) in [6.07, 6.45) is 0.857. The number of thiophene rings is 1. The highest BCUT2D eigenvalue weighted by Crippen LogP contribution is 2.16. The summed E-state index contributed by atoms with van der Waals surface area (Å²) in [5.41, 5.74) is 8.72. The Balaban J connectivity index is 2.03. The number of nitrogens with zero attached hydrogens (tertiary/aromatic N) is 1. The van der Waals surface area contributed by atoms with Crippen molar-refractivity contribution >= 4 is 17.2 Å². The van der Waals surface area contributed by atoms with Crippen LogP contribution in [0.15, 0.2) is 41.1 Å². The van der Waals surface area contributed by atoms with E-state index in [1.807, 2.05) is 40.8 Å². The molecule has 0 atom stereocenters. The molecule has 1 aromatic heterocycles. The molecule has 0 aliphatic rings. The van der Waals surface area contributed by atoms with Gasteiger partial charge in [-0.05, 0) is 29.9 Å². The van der Waals surface area contributed by atoms with Gasteiger partial charge in [-0.1, -0.05) is 30.3 Å². The zero-order valence-electron chi connectivity index (χ0n) is 11.7. The van der Waals surface area contributed by atoms with Crippen molar-refractivity contribution in [3.63, 3.8) is 0 Å². The molecule has 2 aromatic rings. The van der Waals surface area contributed by atoms with Gasteiger partial charge in [-0.3, -0.25) is 4.79 Å². The van der Waals surface area contributed by atoms with Crippen molar-refractivity contribution in [2.45, 2.75) is 13.3 Å².